The van der Waals surface area contributed by atoms with Crippen LogP contribution in [0.1, 0.15) is 27.7 Å². The second-order valence-electron chi connectivity index (χ2n) is 8.43. The van der Waals surface area contributed by atoms with Crippen LogP contribution in [0.25, 0.3) is 0 Å². The molecule has 0 saturated carbocycles. The van der Waals surface area contributed by atoms with E-state index in [1.807, 2.05) is 0 Å². The molecule has 2 heterocycles. The Morgan fingerprint density at radius 1 is 1.14 bits per heavy atom. The molecule has 1 unspecified atom stereocenters. The van der Waals surface area contributed by atoms with Crippen LogP contribution in [0, 0.1) is 5.41 Å². The predicted molar refractivity (Wildman–Crippen MR) is 96.6 cm³/mol. The quantitative estimate of drug-likeness (QED) is 0.732. The lowest BCUT2D eigenvalue weighted by Gasteiger charge is -2.53. The van der Waals surface area contributed by atoms with E-state index in [0.29, 0.717) is 5.67 Å². The van der Waals surface area contributed by atoms with Gasteiger partial charge in [-0.2, -0.15) is 0 Å². The summed E-state index contributed by atoms with van der Waals surface area (Å²) >= 11 is 0. The highest BCUT2D eigenvalue weighted by Gasteiger charge is 2.56. The second kappa shape index (κ2) is 6.18. The van der Waals surface area contributed by atoms with Gasteiger partial charge in [0, 0.05) is 5.67 Å². The van der Waals surface area contributed by atoms with Gasteiger partial charge in [-0.15, -0.1) is 0 Å². The van der Waals surface area contributed by atoms with Gasteiger partial charge in [0.05, 0.1) is 23.1 Å². The van der Waals surface area contributed by atoms with Gasteiger partial charge in [0.25, 0.3) is 0 Å². The van der Waals surface area contributed by atoms with Crippen molar-refractivity contribution in [3.63, 3.8) is 0 Å². The van der Waals surface area contributed by atoms with Crippen LogP contribution in [0.2, 0.25) is 31.7 Å². The molecule has 0 spiro atoms. The maximum Gasteiger partial charge on any atom is 0.353 e. The third-order valence-corrected chi connectivity index (χ3v) is 18.2. The molecule has 0 aromatic rings. The molecule has 2 fully saturated rings. The Balaban J connectivity index is 2.25. The SMILES string of the molecule is CCN1CO[Si](C)(C(N2[SiH2]CC[Si]2(C)C)C(C)(C)C)OC1. The van der Waals surface area contributed by atoms with E-state index in [-0.39, 0.29) is 15.1 Å². The van der Waals surface area contributed by atoms with E-state index in [0.717, 1.165) is 20.0 Å². The lowest BCUT2D eigenvalue weighted by molar-refractivity contribution is -0.0407. The zero-order valence-corrected chi connectivity index (χ0v) is 18.4. The van der Waals surface area contributed by atoms with Crippen molar-refractivity contribution in [3.05, 3.63) is 0 Å². The van der Waals surface area contributed by atoms with Gasteiger partial charge in [-0.1, -0.05) is 46.8 Å². The van der Waals surface area contributed by atoms with Gasteiger partial charge < -0.3 is 13.1 Å². The summed E-state index contributed by atoms with van der Waals surface area (Å²) in [7, 11) is -3.52. The van der Waals surface area contributed by atoms with Crippen molar-refractivity contribution >= 4 is 26.5 Å². The molecular weight excluding hydrogens is 312 g/mol. The largest absolute Gasteiger partial charge is 0.380 e. The van der Waals surface area contributed by atoms with Crippen LogP contribution in [0.4, 0.5) is 0 Å². The Hall–Kier alpha value is 0.491. The first kappa shape index (κ1) is 17.8. The van der Waals surface area contributed by atoms with Gasteiger partial charge in [-0.25, -0.2) is 0 Å². The van der Waals surface area contributed by atoms with Crippen LogP contribution in [0.5, 0.6) is 0 Å². The molecule has 21 heavy (non-hydrogen) atoms. The van der Waals surface area contributed by atoms with E-state index in [4.69, 9.17) is 8.85 Å². The monoisotopic (exact) mass is 346 g/mol. The van der Waals surface area contributed by atoms with Crippen LogP contribution in [-0.2, 0) is 8.85 Å². The van der Waals surface area contributed by atoms with E-state index in [1.165, 1.54) is 12.1 Å². The van der Waals surface area contributed by atoms with Crippen molar-refractivity contribution < 1.29 is 8.85 Å². The van der Waals surface area contributed by atoms with Crippen LogP contribution in [0.3, 0.4) is 0 Å². The number of nitrogens with zero attached hydrogens (tertiary/aromatic N) is 2. The third-order valence-electron chi connectivity index (χ3n) is 5.11. The highest BCUT2D eigenvalue weighted by atomic mass is 28.4. The summed E-state index contributed by atoms with van der Waals surface area (Å²) in [4.78, 5) is 2.23. The maximum absolute atomic E-state index is 6.41. The second-order valence-corrected chi connectivity index (χ2v) is 18.8. The minimum Gasteiger partial charge on any atom is -0.380 e. The highest BCUT2D eigenvalue weighted by molar-refractivity contribution is 6.85. The standard InChI is InChI=1S/C14H34N2O2Si3/c1-8-15-11-17-21(7,18-12-15)13(14(2,3)4)16-19-9-10-20(16,5)6/h13H,8-12,19H2,1-7H3. The summed E-state index contributed by atoms with van der Waals surface area (Å²) in [5.41, 5.74) is 0.747. The summed E-state index contributed by atoms with van der Waals surface area (Å²) in [6, 6.07) is 2.95. The van der Waals surface area contributed by atoms with Crippen LogP contribution in [0.15, 0.2) is 0 Å². The van der Waals surface area contributed by atoms with E-state index < -0.39 is 16.8 Å². The van der Waals surface area contributed by atoms with E-state index in [1.54, 1.807) is 0 Å². The molecular formula is C14H34N2O2Si3. The summed E-state index contributed by atoms with van der Waals surface area (Å²) in [6.07, 6.45) is 0. The molecule has 0 aliphatic carbocycles. The van der Waals surface area contributed by atoms with Crippen molar-refractivity contribution in [2.24, 2.45) is 5.41 Å². The molecule has 2 aliphatic rings. The maximum atomic E-state index is 6.41. The van der Waals surface area contributed by atoms with Crippen LogP contribution >= 0.6 is 0 Å². The van der Waals surface area contributed by atoms with Crippen LogP contribution < -0.4 is 0 Å². The number of rotatable bonds is 3. The fourth-order valence-electron chi connectivity index (χ4n) is 4.00. The van der Waals surface area contributed by atoms with Gasteiger partial charge in [-0.3, -0.25) is 4.90 Å². The third kappa shape index (κ3) is 3.70. The average molecular weight is 347 g/mol. The molecule has 0 aromatic carbocycles. The van der Waals surface area contributed by atoms with E-state index >= 15 is 0 Å². The summed E-state index contributed by atoms with van der Waals surface area (Å²) < 4.78 is 15.8. The molecule has 2 aliphatic heterocycles. The van der Waals surface area contributed by atoms with Crippen molar-refractivity contribution in [3.8, 4) is 0 Å². The zero-order valence-electron chi connectivity index (χ0n) is 15.0. The van der Waals surface area contributed by atoms with Crippen molar-refractivity contribution in [1.82, 2.24) is 9.13 Å². The van der Waals surface area contributed by atoms with Crippen molar-refractivity contribution in [2.45, 2.75) is 65.1 Å². The summed E-state index contributed by atoms with van der Waals surface area (Å²) in [5, 5.41) is 0. The van der Waals surface area contributed by atoms with Gasteiger partial charge in [0.1, 0.15) is 8.24 Å². The summed E-state index contributed by atoms with van der Waals surface area (Å²) in [6.45, 7) is 19.2. The topological polar surface area (TPSA) is 24.9 Å². The fraction of sp³-hybridized carbons (Fsp3) is 1.00. The van der Waals surface area contributed by atoms with Gasteiger partial charge in [0.2, 0.25) is 0 Å². The minimum absolute atomic E-state index is 0.118. The molecule has 0 N–H and O–H groups in total. The van der Waals surface area contributed by atoms with E-state index in [9.17, 15) is 0 Å². The molecule has 7 heteroatoms. The average Bonchev–Trinajstić information content (AvgIpc) is 2.68. The Morgan fingerprint density at radius 3 is 2.10 bits per heavy atom. The predicted octanol–water partition coefficient (Wildman–Crippen LogP) is 2.32. The number of hydrogen-bond donors (Lipinski definition) is 0. The molecule has 2 rings (SSSR count). The lowest BCUT2D eigenvalue weighted by atomic mass is 9.97. The molecule has 2 saturated heterocycles. The molecule has 0 bridgehead atoms. The normalized spacial score (nSPS) is 29.9. The summed E-state index contributed by atoms with van der Waals surface area (Å²) in [5.74, 6) is 0. The fourth-order valence-corrected chi connectivity index (χ4v) is 20.5. The van der Waals surface area contributed by atoms with Crippen LogP contribution in [-0.4, -0.2) is 61.3 Å². The smallest absolute Gasteiger partial charge is 0.353 e. The van der Waals surface area contributed by atoms with Gasteiger partial charge in [-0.05, 0) is 24.6 Å². The highest BCUT2D eigenvalue weighted by Crippen LogP contribution is 2.40. The molecule has 0 radical (unpaired) electrons. The Labute approximate surface area is 135 Å². The lowest BCUT2D eigenvalue weighted by Crippen LogP contribution is -2.70. The zero-order chi connectivity index (χ0) is 15.9. The first-order valence-electron chi connectivity index (χ1n) is 8.37. The Kier molecular flexibility index (Phi) is 5.25. The Bertz CT molecular complexity index is 366. The first-order chi connectivity index (χ1) is 9.60. The minimum atomic E-state index is -2.16. The van der Waals surface area contributed by atoms with E-state index in [2.05, 4.69) is 56.5 Å². The molecule has 1 atom stereocenters. The first-order valence-corrected chi connectivity index (χ1v) is 15.6. The van der Waals surface area contributed by atoms with Crippen molar-refractivity contribution in [1.29, 1.82) is 0 Å². The molecule has 0 amide bonds. The molecule has 0 aromatic heterocycles. The number of hydrogen-bond acceptors (Lipinski definition) is 4. The Morgan fingerprint density at radius 2 is 1.71 bits per heavy atom. The molecule has 124 valence electrons. The molecule has 4 nitrogen and oxygen atoms in total. The van der Waals surface area contributed by atoms with Gasteiger partial charge >= 0.3 is 8.56 Å². The van der Waals surface area contributed by atoms with Gasteiger partial charge in [0.15, 0.2) is 0 Å². The van der Waals surface area contributed by atoms with Crippen molar-refractivity contribution in [2.75, 3.05) is 20.0 Å².